The highest BCUT2D eigenvalue weighted by Gasteiger charge is 2.29. The Morgan fingerprint density at radius 1 is 1.19 bits per heavy atom. The molecule has 9 heteroatoms. The summed E-state index contributed by atoms with van der Waals surface area (Å²) in [6.45, 7) is 1.48. The molecule has 0 aliphatic rings. The molecule has 0 saturated carbocycles. The minimum atomic E-state index is -3.76. The van der Waals surface area contributed by atoms with Crippen LogP contribution in [0.1, 0.15) is 12.5 Å². The Bertz CT molecular complexity index is 986. The molecule has 0 aliphatic carbocycles. The third kappa shape index (κ3) is 5.36. The number of anilines is 2. The van der Waals surface area contributed by atoms with E-state index in [0.717, 1.165) is 16.1 Å². The number of halogens is 2. The number of hydrogen-bond donors (Lipinski definition) is 1. The van der Waals surface area contributed by atoms with E-state index in [4.69, 9.17) is 28.5 Å². The summed E-state index contributed by atoms with van der Waals surface area (Å²) < 4.78 is 25.5. The first-order valence-corrected chi connectivity index (χ1v) is 10.4. The molecule has 0 spiro atoms. The monoisotopic (exact) mass is 425 g/mol. The topological polar surface area (TPSA) is 90.3 Å². The number of nitrogens with zero attached hydrogens (tertiary/aromatic N) is 2. The normalized spacial score (nSPS) is 12.1. The lowest BCUT2D eigenvalue weighted by atomic mass is 10.1. The number of nitriles is 1. The minimum Gasteiger partial charge on any atom is -0.324 e. The first-order chi connectivity index (χ1) is 12.6. The predicted octanol–water partition coefficient (Wildman–Crippen LogP) is 3.85. The van der Waals surface area contributed by atoms with Crippen LogP contribution < -0.4 is 9.62 Å². The van der Waals surface area contributed by atoms with Crippen LogP contribution in [0.15, 0.2) is 42.5 Å². The van der Waals surface area contributed by atoms with Crippen molar-refractivity contribution in [3.05, 3.63) is 58.1 Å². The van der Waals surface area contributed by atoms with Gasteiger partial charge < -0.3 is 5.32 Å². The fraction of sp³-hybridized carbons (Fsp3) is 0.222. The van der Waals surface area contributed by atoms with Gasteiger partial charge in [0.15, 0.2) is 0 Å². The number of nitrogens with one attached hydrogen (secondary N) is 1. The molecule has 0 saturated heterocycles. The third-order valence-electron chi connectivity index (χ3n) is 3.75. The van der Waals surface area contributed by atoms with E-state index >= 15 is 0 Å². The van der Waals surface area contributed by atoms with Crippen LogP contribution >= 0.6 is 23.2 Å². The van der Waals surface area contributed by atoms with Gasteiger partial charge in [0.2, 0.25) is 15.9 Å². The fourth-order valence-electron chi connectivity index (χ4n) is 2.47. The molecule has 0 fully saturated rings. The van der Waals surface area contributed by atoms with Crippen LogP contribution in [0.25, 0.3) is 0 Å². The standard InChI is InChI=1S/C18H17Cl2N3O3S/c1-12(18(24)22-14-5-3-13(4-6-14)9-10-21)23(27(2,25)26)15-7-8-16(19)17(20)11-15/h3-8,11-12H,9H2,1-2H3,(H,22,24)/t12-/m0/s1. The van der Waals surface area contributed by atoms with Crippen LogP contribution in [0, 0.1) is 11.3 Å². The lowest BCUT2D eigenvalue weighted by Gasteiger charge is -2.28. The highest BCUT2D eigenvalue weighted by atomic mass is 35.5. The molecular formula is C18H17Cl2N3O3S. The fourth-order valence-corrected chi connectivity index (χ4v) is 3.93. The van der Waals surface area contributed by atoms with Crippen molar-refractivity contribution in [2.24, 2.45) is 0 Å². The summed E-state index contributed by atoms with van der Waals surface area (Å²) in [5.41, 5.74) is 1.55. The molecule has 0 radical (unpaired) electrons. The van der Waals surface area contributed by atoms with Crippen LogP contribution in [0.4, 0.5) is 11.4 Å². The Morgan fingerprint density at radius 3 is 2.33 bits per heavy atom. The number of benzene rings is 2. The maximum Gasteiger partial charge on any atom is 0.247 e. The smallest absolute Gasteiger partial charge is 0.247 e. The number of amides is 1. The average molecular weight is 426 g/mol. The van der Waals surface area contributed by atoms with E-state index < -0.39 is 22.0 Å². The summed E-state index contributed by atoms with van der Waals surface area (Å²) >= 11 is 11.9. The summed E-state index contributed by atoms with van der Waals surface area (Å²) in [4.78, 5) is 12.6. The molecule has 0 aliphatic heterocycles. The van der Waals surface area contributed by atoms with Gasteiger partial charge in [-0.05, 0) is 42.8 Å². The third-order valence-corrected chi connectivity index (χ3v) is 5.73. The summed E-state index contributed by atoms with van der Waals surface area (Å²) in [6, 6.07) is 12.1. The number of rotatable bonds is 6. The molecule has 142 valence electrons. The lowest BCUT2D eigenvalue weighted by Crippen LogP contribution is -2.45. The Morgan fingerprint density at radius 2 is 1.81 bits per heavy atom. The van der Waals surface area contributed by atoms with E-state index in [-0.39, 0.29) is 22.2 Å². The van der Waals surface area contributed by atoms with Gasteiger partial charge in [-0.1, -0.05) is 35.3 Å². The van der Waals surface area contributed by atoms with Crippen LogP contribution in [0.2, 0.25) is 10.0 Å². The molecule has 6 nitrogen and oxygen atoms in total. The largest absolute Gasteiger partial charge is 0.324 e. The molecule has 1 N–H and O–H groups in total. The zero-order valence-electron chi connectivity index (χ0n) is 14.6. The predicted molar refractivity (Wildman–Crippen MR) is 108 cm³/mol. The van der Waals surface area contributed by atoms with Crippen LogP contribution in [-0.4, -0.2) is 26.6 Å². The molecule has 2 aromatic carbocycles. The number of sulfonamides is 1. The van der Waals surface area contributed by atoms with E-state index in [0.29, 0.717) is 5.69 Å². The van der Waals surface area contributed by atoms with Crippen molar-refractivity contribution in [2.45, 2.75) is 19.4 Å². The highest BCUT2D eigenvalue weighted by Crippen LogP contribution is 2.29. The SMILES string of the molecule is C[C@@H](C(=O)Nc1ccc(CC#N)cc1)N(c1ccc(Cl)c(Cl)c1)S(C)(=O)=O. The second kappa shape index (κ2) is 8.61. The van der Waals surface area contributed by atoms with Gasteiger partial charge in [-0.25, -0.2) is 8.42 Å². The molecule has 1 amide bonds. The summed E-state index contributed by atoms with van der Waals surface area (Å²) in [6.07, 6.45) is 1.28. The van der Waals surface area contributed by atoms with Crippen LogP contribution in [0.5, 0.6) is 0 Å². The van der Waals surface area contributed by atoms with E-state index in [1.54, 1.807) is 24.3 Å². The van der Waals surface area contributed by atoms with Gasteiger partial charge in [0, 0.05) is 5.69 Å². The van der Waals surface area contributed by atoms with Crippen molar-refractivity contribution in [3.63, 3.8) is 0 Å². The van der Waals surface area contributed by atoms with Gasteiger partial charge in [-0.3, -0.25) is 9.10 Å². The first kappa shape index (κ1) is 21.0. The molecule has 0 unspecified atom stereocenters. The number of carbonyl (C=O) groups excluding carboxylic acids is 1. The molecule has 0 bridgehead atoms. The van der Waals surface area contributed by atoms with Gasteiger partial charge in [0.25, 0.3) is 0 Å². The maximum atomic E-state index is 12.6. The second-order valence-electron chi connectivity index (χ2n) is 5.85. The number of hydrogen-bond acceptors (Lipinski definition) is 4. The van der Waals surface area contributed by atoms with Gasteiger partial charge in [-0.15, -0.1) is 0 Å². The Hall–Kier alpha value is -2.27. The van der Waals surface area contributed by atoms with Crippen molar-refractivity contribution < 1.29 is 13.2 Å². The van der Waals surface area contributed by atoms with E-state index in [1.165, 1.54) is 25.1 Å². The molecule has 2 rings (SSSR count). The minimum absolute atomic E-state index is 0.184. The van der Waals surface area contributed by atoms with E-state index in [1.807, 2.05) is 6.07 Å². The molecule has 1 atom stereocenters. The molecule has 2 aromatic rings. The van der Waals surface area contributed by atoms with Crippen molar-refractivity contribution in [1.82, 2.24) is 0 Å². The Balaban J connectivity index is 2.26. The average Bonchev–Trinajstić information content (AvgIpc) is 2.59. The zero-order valence-corrected chi connectivity index (χ0v) is 16.9. The van der Waals surface area contributed by atoms with Crippen molar-refractivity contribution in [3.8, 4) is 6.07 Å². The van der Waals surface area contributed by atoms with Gasteiger partial charge in [-0.2, -0.15) is 5.26 Å². The lowest BCUT2D eigenvalue weighted by molar-refractivity contribution is -0.116. The Kier molecular flexibility index (Phi) is 6.71. The van der Waals surface area contributed by atoms with Crippen molar-refractivity contribution in [1.29, 1.82) is 5.26 Å². The highest BCUT2D eigenvalue weighted by molar-refractivity contribution is 7.92. The van der Waals surface area contributed by atoms with E-state index in [9.17, 15) is 13.2 Å². The Labute approximate surface area is 168 Å². The summed E-state index contributed by atoms with van der Waals surface area (Å²) in [5.74, 6) is -0.514. The second-order valence-corrected chi connectivity index (χ2v) is 8.53. The van der Waals surface area contributed by atoms with Crippen LogP contribution in [-0.2, 0) is 21.2 Å². The van der Waals surface area contributed by atoms with Crippen molar-refractivity contribution >= 4 is 50.5 Å². The summed E-state index contributed by atoms with van der Waals surface area (Å²) in [5, 5.41) is 11.8. The van der Waals surface area contributed by atoms with Crippen molar-refractivity contribution in [2.75, 3.05) is 15.9 Å². The quantitative estimate of drug-likeness (QED) is 0.760. The molecule has 0 aromatic heterocycles. The summed E-state index contributed by atoms with van der Waals surface area (Å²) in [7, 11) is -3.76. The van der Waals surface area contributed by atoms with Gasteiger partial charge in [0.05, 0.1) is 34.5 Å². The number of carbonyl (C=O) groups is 1. The molecule has 0 heterocycles. The van der Waals surface area contributed by atoms with Gasteiger partial charge >= 0.3 is 0 Å². The van der Waals surface area contributed by atoms with Gasteiger partial charge in [0.1, 0.15) is 6.04 Å². The molecule has 27 heavy (non-hydrogen) atoms. The van der Waals surface area contributed by atoms with E-state index in [2.05, 4.69) is 5.32 Å². The first-order valence-electron chi connectivity index (χ1n) is 7.84. The zero-order chi connectivity index (χ0) is 20.2. The maximum absolute atomic E-state index is 12.6. The molecular weight excluding hydrogens is 409 g/mol. The van der Waals surface area contributed by atoms with Crippen LogP contribution in [0.3, 0.4) is 0 Å².